The quantitative estimate of drug-likeness (QED) is 0.901. The molecule has 1 saturated heterocycles. The van der Waals surface area contributed by atoms with Crippen molar-refractivity contribution in [1.29, 1.82) is 0 Å². The summed E-state index contributed by atoms with van der Waals surface area (Å²) in [5.41, 5.74) is 1.20. The molecule has 2 rings (SSSR count). The smallest absolute Gasteiger partial charge is 0.237 e. The van der Waals surface area contributed by atoms with Crippen molar-refractivity contribution in [1.82, 2.24) is 10.6 Å². The van der Waals surface area contributed by atoms with E-state index in [4.69, 9.17) is 0 Å². The van der Waals surface area contributed by atoms with Crippen LogP contribution in [-0.4, -0.2) is 18.5 Å². The highest BCUT2D eigenvalue weighted by Crippen LogP contribution is 2.19. The van der Waals surface area contributed by atoms with Crippen molar-refractivity contribution in [3.05, 3.63) is 34.3 Å². The lowest BCUT2D eigenvalue weighted by Crippen LogP contribution is -2.43. The number of hydrogen-bond donors (Lipinski definition) is 2. The van der Waals surface area contributed by atoms with Gasteiger partial charge in [0.15, 0.2) is 0 Å². The maximum atomic E-state index is 11.9. The first-order valence-corrected chi connectivity index (χ1v) is 7.25. The van der Waals surface area contributed by atoms with Gasteiger partial charge in [-0.3, -0.25) is 10.1 Å². The standard InChI is InChI=1S/C14H19BrN2O/c1-10(11-5-4-6-12(15)9-11)17-13-7-2-3-8-16-14(13)18/h4-6,9-10,13,17H,2-3,7-8H2,1H3,(H,16,18)/t10-,13?/m1/s1. The molecule has 3 nitrogen and oxygen atoms in total. The van der Waals surface area contributed by atoms with Crippen LogP contribution in [0.4, 0.5) is 0 Å². The van der Waals surface area contributed by atoms with E-state index in [-0.39, 0.29) is 18.0 Å². The van der Waals surface area contributed by atoms with Crippen molar-refractivity contribution in [3.8, 4) is 0 Å². The molecule has 1 unspecified atom stereocenters. The number of amides is 1. The van der Waals surface area contributed by atoms with E-state index in [0.29, 0.717) is 0 Å². The van der Waals surface area contributed by atoms with Gasteiger partial charge in [0.2, 0.25) is 5.91 Å². The molecule has 1 aromatic rings. The Morgan fingerprint density at radius 1 is 1.44 bits per heavy atom. The fraction of sp³-hybridized carbons (Fsp3) is 0.500. The molecule has 0 aliphatic carbocycles. The van der Waals surface area contributed by atoms with E-state index < -0.39 is 0 Å². The average molecular weight is 311 g/mol. The molecule has 2 N–H and O–H groups in total. The Bertz CT molecular complexity index is 422. The highest BCUT2D eigenvalue weighted by Gasteiger charge is 2.22. The minimum atomic E-state index is -0.0681. The van der Waals surface area contributed by atoms with Crippen LogP contribution in [0, 0.1) is 0 Å². The van der Waals surface area contributed by atoms with E-state index in [2.05, 4.69) is 45.6 Å². The molecule has 1 aromatic carbocycles. The lowest BCUT2D eigenvalue weighted by molar-refractivity contribution is -0.123. The Labute approximate surface area is 116 Å². The minimum absolute atomic E-state index is 0.0681. The first-order valence-electron chi connectivity index (χ1n) is 6.46. The molecule has 0 bridgehead atoms. The normalized spacial score (nSPS) is 22.1. The number of carbonyl (C=O) groups excluding carboxylic acids is 1. The van der Waals surface area contributed by atoms with E-state index in [1.165, 1.54) is 5.56 Å². The second kappa shape index (κ2) is 6.34. The summed E-state index contributed by atoms with van der Waals surface area (Å²) in [7, 11) is 0. The molecule has 0 saturated carbocycles. The van der Waals surface area contributed by atoms with Gasteiger partial charge in [-0.05, 0) is 43.9 Å². The van der Waals surface area contributed by atoms with Crippen molar-refractivity contribution in [3.63, 3.8) is 0 Å². The van der Waals surface area contributed by atoms with Gasteiger partial charge in [0.1, 0.15) is 0 Å². The highest BCUT2D eigenvalue weighted by atomic mass is 79.9. The Morgan fingerprint density at radius 2 is 2.28 bits per heavy atom. The molecule has 1 aliphatic heterocycles. The zero-order valence-electron chi connectivity index (χ0n) is 10.6. The third-order valence-corrected chi connectivity index (χ3v) is 3.83. The third kappa shape index (κ3) is 3.56. The third-order valence-electron chi connectivity index (χ3n) is 3.34. The van der Waals surface area contributed by atoms with Crippen LogP contribution in [0.15, 0.2) is 28.7 Å². The molecule has 98 valence electrons. The number of hydrogen-bond acceptors (Lipinski definition) is 2. The predicted octanol–water partition coefficient (Wildman–Crippen LogP) is 2.77. The summed E-state index contributed by atoms with van der Waals surface area (Å²) in [4.78, 5) is 11.9. The van der Waals surface area contributed by atoms with Gasteiger partial charge in [0.25, 0.3) is 0 Å². The molecular weight excluding hydrogens is 292 g/mol. The van der Waals surface area contributed by atoms with Gasteiger partial charge in [-0.15, -0.1) is 0 Å². The first kappa shape index (κ1) is 13.6. The Morgan fingerprint density at radius 3 is 3.06 bits per heavy atom. The zero-order valence-corrected chi connectivity index (χ0v) is 12.2. The van der Waals surface area contributed by atoms with Crippen LogP contribution >= 0.6 is 15.9 Å². The summed E-state index contributed by atoms with van der Waals surface area (Å²) in [6, 6.07) is 8.31. The highest BCUT2D eigenvalue weighted by molar-refractivity contribution is 9.10. The maximum Gasteiger partial charge on any atom is 0.237 e. The summed E-state index contributed by atoms with van der Waals surface area (Å²) in [5.74, 6) is 0.134. The van der Waals surface area contributed by atoms with Crippen LogP contribution in [0.3, 0.4) is 0 Å². The van der Waals surface area contributed by atoms with E-state index in [9.17, 15) is 4.79 Å². The Hall–Kier alpha value is -0.870. The lowest BCUT2D eigenvalue weighted by Gasteiger charge is -2.21. The summed E-state index contributed by atoms with van der Waals surface area (Å²) in [6.45, 7) is 2.90. The summed E-state index contributed by atoms with van der Waals surface area (Å²) >= 11 is 3.47. The summed E-state index contributed by atoms with van der Waals surface area (Å²) in [6.07, 6.45) is 3.10. The van der Waals surface area contributed by atoms with Crippen LogP contribution in [0.5, 0.6) is 0 Å². The van der Waals surface area contributed by atoms with Crippen molar-refractivity contribution in [2.24, 2.45) is 0 Å². The van der Waals surface area contributed by atoms with Crippen molar-refractivity contribution in [2.45, 2.75) is 38.3 Å². The van der Waals surface area contributed by atoms with Gasteiger partial charge in [0, 0.05) is 17.1 Å². The predicted molar refractivity (Wildman–Crippen MR) is 76.3 cm³/mol. The van der Waals surface area contributed by atoms with Gasteiger partial charge in [-0.25, -0.2) is 0 Å². The SMILES string of the molecule is C[C@@H](NC1CCCCNC1=O)c1cccc(Br)c1. The summed E-state index contributed by atoms with van der Waals surface area (Å²) in [5, 5.41) is 6.37. The fourth-order valence-corrected chi connectivity index (χ4v) is 2.69. The first-order chi connectivity index (χ1) is 8.66. The van der Waals surface area contributed by atoms with Crippen molar-refractivity contribution in [2.75, 3.05) is 6.54 Å². The molecule has 18 heavy (non-hydrogen) atoms. The monoisotopic (exact) mass is 310 g/mol. The number of halogens is 1. The van der Waals surface area contributed by atoms with Crippen molar-refractivity contribution >= 4 is 21.8 Å². The summed E-state index contributed by atoms with van der Waals surface area (Å²) < 4.78 is 1.07. The van der Waals surface area contributed by atoms with E-state index >= 15 is 0 Å². The lowest BCUT2D eigenvalue weighted by atomic mass is 10.1. The zero-order chi connectivity index (χ0) is 13.0. The van der Waals surface area contributed by atoms with Gasteiger partial charge in [-0.1, -0.05) is 28.1 Å². The van der Waals surface area contributed by atoms with Gasteiger partial charge < -0.3 is 5.32 Å². The number of nitrogens with one attached hydrogen (secondary N) is 2. The molecule has 1 heterocycles. The average Bonchev–Trinajstić information content (AvgIpc) is 2.55. The molecule has 0 spiro atoms. The maximum absolute atomic E-state index is 11.9. The topological polar surface area (TPSA) is 41.1 Å². The van der Waals surface area contributed by atoms with E-state index in [0.717, 1.165) is 30.3 Å². The second-order valence-electron chi connectivity index (χ2n) is 4.78. The van der Waals surface area contributed by atoms with E-state index in [1.54, 1.807) is 0 Å². The van der Waals surface area contributed by atoms with Crippen molar-refractivity contribution < 1.29 is 4.79 Å². The number of benzene rings is 1. The Balaban J connectivity index is 2.01. The van der Waals surface area contributed by atoms with Crippen LogP contribution < -0.4 is 10.6 Å². The number of rotatable bonds is 3. The second-order valence-corrected chi connectivity index (χ2v) is 5.70. The molecule has 1 fully saturated rings. The van der Waals surface area contributed by atoms with Crippen LogP contribution in [0.2, 0.25) is 0 Å². The van der Waals surface area contributed by atoms with Crippen LogP contribution in [-0.2, 0) is 4.79 Å². The Kier molecular flexibility index (Phi) is 4.78. The molecule has 0 aromatic heterocycles. The molecule has 1 amide bonds. The van der Waals surface area contributed by atoms with Crippen LogP contribution in [0.25, 0.3) is 0 Å². The van der Waals surface area contributed by atoms with Crippen LogP contribution in [0.1, 0.15) is 37.8 Å². The van der Waals surface area contributed by atoms with E-state index in [1.807, 2.05) is 12.1 Å². The minimum Gasteiger partial charge on any atom is -0.355 e. The van der Waals surface area contributed by atoms with Gasteiger partial charge in [0.05, 0.1) is 6.04 Å². The largest absolute Gasteiger partial charge is 0.355 e. The molecule has 4 heteroatoms. The van der Waals surface area contributed by atoms with Gasteiger partial charge in [-0.2, -0.15) is 0 Å². The molecule has 0 radical (unpaired) electrons. The van der Waals surface area contributed by atoms with Gasteiger partial charge >= 0.3 is 0 Å². The molecule has 1 aliphatic rings. The number of carbonyl (C=O) groups is 1. The molecule has 2 atom stereocenters. The fourth-order valence-electron chi connectivity index (χ4n) is 2.27. The molecular formula is C14H19BrN2O.